The van der Waals surface area contributed by atoms with Gasteiger partial charge in [0.25, 0.3) is 5.56 Å². The lowest BCUT2D eigenvalue weighted by Crippen LogP contribution is -2.40. The van der Waals surface area contributed by atoms with Gasteiger partial charge in [0.1, 0.15) is 5.52 Å². The number of aryl methyl sites for hydroxylation is 1. The van der Waals surface area contributed by atoms with Gasteiger partial charge in [0.15, 0.2) is 6.23 Å². The molecule has 0 spiro atoms. The molecular weight excluding hydrogens is 555 g/mol. The summed E-state index contributed by atoms with van der Waals surface area (Å²) in [5.41, 5.74) is 0.180. The highest BCUT2D eigenvalue weighted by molar-refractivity contribution is 5.84. The van der Waals surface area contributed by atoms with Crippen LogP contribution < -0.4 is 11.2 Å². The predicted molar refractivity (Wildman–Crippen MR) is 150 cm³/mol. The first-order valence-corrected chi connectivity index (χ1v) is 13.9. The van der Waals surface area contributed by atoms with Gasteiger partial charge < -0.3 is 9.47 Å². The summed E-state index contributed by atoms with van der Waals surface area (Å²) in [5.74, 6) is 0. The number of fused-ring (bicyclic) bond motifs is 1. The molecule has 0 saturated heterocycles. The summed E-state index contributed by atoms with van der Waals surface area (Å²) in [5, 5.41) is 4.34. The van der Waals surface area contributed by atoms with Crippen molar-refractivity contribution in [2.45, 2.75) is 79.0 Å². The molecule has 0 saturated carbocycles. The van der Waals surface area contributed by atoms with Crippen LogP contribution >= 0.6 is 0 Å². The number of benzene rings is 1. The Labute approximate surface area is 239 Å². The van der Waals surface area contributed by atoms with Gasteiger partial charge in [0, 0.05) is 31.3 Å². The Bertz CT molecular complexity index is 1680. The lowest BCUT2D eigenvalue weighted by atomic mass is 10.1. The average molecular weight is 590 g/mol. The third-order valence-electron chi connectivity index (χ3n) is 6.80. The molecule has 10 nitrogen and oxygen atoms in total. The van der Waals surface area contributed by atoms with E-state index in [-0.39, 0.29) is 38.2 Å². The second-order valence-corrected chi connectivity index (χ2v) is 9.82. The number of nitrogens with zero attached hydrogens (tertiary/aromatic N) is 5. The van der Waals surface area contributed by atoms with Crippen LogP contribution in [0.5, 0.6) is 0 Å². The summed E-state index contributed by atoms with van der Waals surface area (Å²) >= 11 is 0. The Morgan fingerprint density at radius 2 is 1.81 bits per heavy atom. The van der Waals surface area contributed by atoms with Crippen LogP contribution in [-0.4, -0.2) is 36.2 Å². The van der Waals surface area contributed by atoms with Gasteiger partial charge >= 0.3 is 18.0 Å². The van der Waals surface area contributed by atoms with Crippen LogP contribution in [-0.2, 0) is 35.3 Å². The maximum Gasteiger partial charge on any atom is 0.510 e. The van der Waals surface area contributed by atoms with Crippen LogP contribution in [0.1, 0.15) is 64.3 Å². The number of halogens is 3. The lowest BCUT2D eigenvalue weighted by molar-refractivity contribution is -0.137. The quantitative estimate of drug-likeness (QED) is 0.205. The monoisotopic (exact) mass is 589 g/mol. The van der Waals surface area contributed by atoms with E-state index < -0.39 is 35.4 Å². The molecule has 1 unspecified atom stereocenters. The summed E-state index contributed by atoms with van der Waals surface area (Å²) in [6, 6.07) is 6.66. The molecule has 0 amide bonds. The summed E-state index contributed by atoms with van der Waals surface area (Å²) < 4.78 is 56.2. The van der Waals surface area contributed by atoms with Crippen molar-refractivity contribution < 1.29 is 27.4 Å². The normalized spacial score (nSPS) is 12.5. The third-order valence-corrected chi connectivity index (χ3v) is 6.80. The number of aromatic nitrogens is 5. The average Bonchev–Trinajstić information content (AvgIpc) is 3.58. The van der Waals surface area contributed by atoms with Crippen molar-refractivity contribution in [2.75, 3.05) is 6.61 Å². The van der Waals surface area contributed by atoms with E-state index in [1.807, 2.05) is 13.8 Å². The summed E-state index contributed by atoms with van der Waals surface area (Å²) in [6.07, 6.45) is -1.76. The summed E-state index contributed by atoms with van der Waals surface area (Å²) in [4.78, 5) is 39.5. The van der Waals surface area contributed by atoms with Crippen molar-refractivity contribution in [3.63, 3.8) is 0 Å². The zero-order valence-corrected chi connectivity index (χ0v) is 24.0. The second-order valence-electron chi connectivity index (χ2n) is 9.82. The molecular formula is C29H34F3N5O5. The zero-order chi connectivity index (χ0) is 30.6. The molecule has 0 fully saturated rings. The maximum atomic E-state index is 13.8. The van der Waals surface area contributed by atoms with E-state index in [0.717, 1.165) is 12.1 Å². The van der Waals surface area contributed by atoms with E-state index in [2.05, 4.69) is 5.10 Å². The highest BCUT2D eigenvalue weighted by atomic mass is 19.4. The third kappa shape index (κ3) is 6.14. The molecule has 3 heterocycles. The minimum absolute atomic E-state index is 0.0597. The van der Waals surface area contributed by atoms with Crippen LogP contribution in [0.15, 0.2) is 52.3 Å². The molecule has 1 aromatic carbocycles. The number of rotatable bonds is 11. The Kier molecular flexibility index (Phi) is 9.27. The fourth-order valence-corrected chi connectivity index (χ4v) is 4.91. The Hall–Kier alpha value is -4.29. The van der Waals surface area contributed by atoms with Crippen LogP contribution in [0, 0.1) is 0 Å². The van der Waals surface area contributed by atoms with Crippen LogP contribution in [0.25, 0.3) is 22.3 Å². The molecule has 4 rings (SSSR count). The van der Waals surface area contributed by atoms with Crippen molar-refractivity contribution in [1.82, 2.24) is 23.5 Å². The molecule has 13 heteroatoms. The first-order chi connectivity index (χ1) is 20.0. The molecule has 3 aromatic heterocycles. The molecule has 0 bridgehead atoms. The number of carbonyl (C=O) groups excluding carboxylic acids is 1. The van der Waals surface area contributed by atoms with Crippen molar-refractivity contribution in [3.8, 4) is 11.3 Å². The molecule has 0 aliphatic heterocycles. The molecule has 0 aliphatic rings. The smallest absolute Gasteiger partial charge is 0.434 e. The minimum Gasteiger partial charge on any atom is -0.434 e. The number of ether oxygens (including phenoxy) is 2. The number of alkyl halides is 3. The number of hydrogen-bond donors (Lipinski definition) is 0. The second kappa shape index (κ2) is 12.7. The van der Waals surface area contributed by atoms with E-state index in [9.17, 15) is 27.6 Å². The molecule has 226 valence electrons. The highest BCUT2D eigenvalue weighted by Gasteiger charge is 2.30. The van der Waals surface area contributed by atoms with Crippen LogP contribution in [0.3, 0.4) is 0 Å². The molecule has 0 aliphatic carbocycles. The van der Waals surface area contributed by atoms with E-state index >= 15 is 0 Å². The Balaban J connectivity index is 1.88. The van der Waals surface area contributed by atoms with E-state index in [4.69, 9.17) is 9.47 Å². The summed E-state index contributed by atoms with van der Waals surface area (Å²) in [6.45, 7) is 8.00. The van der Waals surface area contributed by atoms with Crippen molar-refractivity contribution in [3.05, 3.63) is 74.7 Å². The van der Waals surface area contributed by atoms with Crippen LogP contribution in [0.4, 0.5) is 18.0 Å². The Morgan fingerprint density at radius 3 is 2.45 bits per heavy atom. The van der Waals surface area contributed by atoms with Gasteiger partial charge in [0.05, 0.1) is 36.1 Å². The fourth-order valence-electron chi connectivity index (χ4n) is 4.91. The van der Waals surface area contributed by atoms with Gasteiger partial charge in [-0.2, -0.15) is 18.3 Å². The first kappa shape index (κ1) is 30.7. The predicted octanol–water partition coefficient (Wildman–Crippen LogP) is 5.80. The van der Waals surface area contributed by atoms with E-state index in [1.54, 1.807) is 36.7 Å². The SMILES string of the molecule is CCCOC(=O)OC(CC)n1c(-c2cnn(Cc3cccc(C(F)(F)F)c3)c2)cc2c1c(=O)n(CCC)c(=O)n2CC. The molecule has 0 radical (unpaired) electrons. The fraction of sp³-hybridized carbons (Fsp3) is 0.448. The largest absolute Gasteiger partial charge is 0.510 e. The van der Waals surface area contributed by atoms with Gasteiger partial charge in [0.2, 0.25) is 0 Å². The molecule has 1 atom stereocenters. The van der Waals surface area contributed by atoms with Crippen molar-refractivity contribution in [2.24, 2.45) is 0 Å². The van der Waals surface area contributed by atoms with E-state index in [1.165, 1.54) is 26.1 Å². The maximum absolute atomic E-state index is 13.8. The first-order valence-electron chi connectivity index (χ1n) is 13.9. The molecule has 42 heavy (non-hydrogen) atoms. The summed E-state index contributed by atoms with van der Waals surface area (Å²) in [7, 11) is 0. The molecule has 4 aromatic rings. The van der Waals surface area contributed by atoms with E-state index in [0.29, 0.717) is 35.2 Å². The molecule has 0 N–H and O–H groups in total. The highest BCUT2D eigenvalue weighted by Crippen LogP contribution is 2.33. The number of hydrogen-bond acceptors (Lipinski definition) is 6. The van der Waals surface area contributed by atoms with Crippen molar-refractivity contribution in [1.29, 1.82) is 0 Å². The Morgan fingerprint density at radius 1 is 1.05 bits per heavy atom. The minimum atomic E-state index is -4.47. The van der Waals surface area contributed by atoms with Gasteiger partial charge in [-0.25, -0.2) is 9.59 Å². The zero-order valence-electron chi connectivity index (χ0n) is 24.0. The van der Waals surface area contributed by atoms with Gasteiger partial charge in [-0.1, -0.05) is 32.9 Å². The number of carbonyl (C=O) groups is 1. The van der Waals surface area contributed by atoms with Crippen LogP contribution in [0.2, 0.25) is 0 Å². The van der Waals surface area contributed by atoms with Gasteiger partial charge in [-0.3, -0.25) is 23.2 Å². The standard InChI is InChI=1S/C29H34F3N5O5/c1-5-12-36-26(38)25-23(35(8-4)27(36)39)15-22(37(25)24(7-3)42-28(40)41-13-6-2)20-16-33-34(18-20)17-19-10-9-11-21(14-19)29(30,31)32/h9-11,14-16,18,24H,5-8,12-13,17H2,1-4H3. The van der Waals surface area contributed by atoms with Gasteiger partial charge in [-0.05, 0) is 43.5 Å². The van der Waals surface area contributed by atoms with Gasteiger partial charge in [-0.15, -0.1) is 0 Å². The van der Waals surface area contributed by atoms with Crippen molar-refractivity contribution >= 4 is 17.2 Å². The topological polar surface area (TPSA) is 102 Å². The lowest BCUT2D eigenvalue weighted by Gasteiger charge is -2.21.